The zero-order valence-corrected chi connectivity index (χ0v) is 12.9. The lowest BCUT2D eigenvalue weighted by Gasteiger charge is -2.04. The van der Waals surface area contributed by atoms with Crippen molar-refractivity contribution in [1.29, 1.82) is 0 Å². The van der Waals surface area contributed by atoms with E-state index in [0.29, 0.717) is 6.42 Å². The molecule has 1 aromatic heterocycles. The second-order valence-corrected chi connectivity index (χ2v) is 6.91. The Labute approximate surface area is 125 Å². The summed E-state index contributed by atoms with van der Waals surface area (Å²) in [5.74, 6) is -0.117. The van der Waals surface area contributed by atoms with Crippen LogP contribution in [0.2, 0.25) is 0 Å². The lowest BCUT2D eigenvalue weighted by molar-refractivity contribution is 0.478. The summed E-state index contributed by atoms with van der Waals surface area (Å²) in [6.45, 7) is 0.964. The molecule has 0 fully saturated rings. The summed E-state index contributed by atoms with van der Waals surface area (Å²) in [5.41, 5.74) is 2.20. The number of hydrogen-bond acceptors (Lipinski definition) is 3. The molecule has 0 unspecified atom stereocenters. The van der Waals surface area contributed by atoms with Gasteiger partial charge < -0.3 is 4.57 Å². The molecule has 0 bridgehead atoms. The molecule has 0 saturated carbocycles. The Bertz CT molecular complexity index is 664. The molecule has 0 amide bonds. The summed E-state index contributed by atoms with van der Waals surface area (Å²) in [6.07, 6.45) is 7.62. The van der Waals surface area contributed by atoms with Crippen molar-refractivity contribution in [2.75, 3.05) is 5.75 Å². The maximum Gasteiger partial charge on any atom is 0.264 e. The highest BCUT2D eigenvalue weighted by atomic mass is 32.2. The second-order valence-electron chi connectivity index (χ2n) is 5.33. The number of aromatic nitrogens is 2. The number of nitrogens with zero attached hydrogens (tertiary/aromatic N) is 2. The first-order valence-corrected chi connectivity index (χ1v) is 9.02. The smallest absolute Gasteiger partial charge is 0.264 e. The van der Waals surface area contributed by atoms with Gasteiger partial charge >= 0.3 is 0 Å². The summed E-state index contributed by atoms with van der Waals surface area (Å²) in [6, 6.07) is 8.11. The molecule has 0 atom stereocenters. The van der Waals surface area contributed by atoms with E-state index < -0.39 is 10.1 Å². The number of fused-ring (bicyclic) bond motifs is 1. The van der Waals surface area contributed by atoms with Gasteiger partial charge in [0.2, 0.25) is 0 Å². The van der Waals surface area contributed by atoms with Crippen LogP contribution in [0, 0.1) is 0 Å². The van der Waals surface area contributed by atoms with Crippen LogP contribution in [-0.2, 0) is 16.7 Å². The van der Waals surface area contributed by atoms with Crippen LogP contribution < -0.4 is 0 Å². The van der Waals surface area contributed by atoms with E-state index in [1.807, 2.05) is 24.5 Å². The van der Waals surface area contributed by atoms with Gasteiger partial charge in [-0.25, -0.2) is 4.98 Å². The van der Waals surface area contributed by atoms with Crippen molar-refractivity contribution in [2.45, 2.75) is 45.1 Å². The molecular weight excluding hydrogens is 288 g/mol. The van der Waals surface area contributed by atoms with Gasteiger partial charge in [0.1, 0.15) is 0 Å². The predicted molar refractivity (Wildman–Crippen MR) is 83.9 cm³/mol. The Morgan fingerprint density at radius 3 is 2.43 bits per heavy atom. The number of hydrogen-bond donors (Lipinski definition) is 1. The summed E-state index contributed by atoms with van der Waals surface area (Å²) in [4.78, 5) is 4.36. The van der Waals surface area contributed by atoms with E-state index in [0.717, 1.165) is 44.2 Å². The molecule has 0 spiro atoms. The minimum atomic E-state index is -3.78. The van der Waals surface area contributed by atoms with E-state index in [9.17, 15) is 8.42 Å². The molecule has 0 radical (unpaired) electrons. The quantitative estimate of drug-likeness (QED) is 0.570. The molecule has 0 aliphatic carbocycles. The van der Waals surface area contributed by atoms with Crippen LogP contribution in [0.1, 0.15) is 38.5 Å². The van der Waals surface area contributed by atoms with Crippen molar-refractivity contribution >= 4 is 21.2 Å². The average molecular weight is 310 g/mol. The van der Waals surface area contributed by atoms with E-state index in [-0.39, 0.29) is 5.75 Å². The lowest BCUT2D eigenvalue weighted by Crippen LogP contribution is -2.03. The van der Waals surface area contributed by atoms with Gasteiger partial charge in [-0.2, -0.15) is 8.42 Å². The highest BCUT2D eigenvalue weighted by Gasteiger charge is 2.03. The van der Waals surface area contributed by atoms with Gasteiger partial charge in [0.15, 0.2) is 0 Å². The lowest BCUT2D eigenvalue weighted by atomic mass is 10.1. The van der Waals surface area contributed by atoms with Gasteiger partial charge in [-0.3, -0.25) is 4.55 Å². The fourth-order valence-corrected chi connectivity index (χ4v) is 3.03. The minimum absolute atomic E-state index is 0.117. The number of unbranched alkanes of at least 4 members (excludes halogenated alkanes) is 5. The second kappa shape index (κ2) is 7.56. The molecule has 21 heavy (non-hydrogen) atoms. The first-order valence-electron chi connectivity index (χ1n) is 7.41. The Morgan fingerprint density at radius 1 is 1.00 bits per heavy atom. The number of imidazole rings is 1. The van der Waals surface area contributed by atoms with Crippen LogP contribution in [0.3, 0.4) is 0 Å². The first kappa shape index (κ1) is 16.0. The normalized spacial score (nSPS) is 12.0. The highest BCUT2D eigenvalue weighted by Crippen LogP contribution is 2.13. The van der Waals surface area contributed by atoms with E-state index in [4.69, 9.17) is 4.55 Å². The maximum atomic E-state index is 10.6. The SMILES string of the molecule is O=S(=O)(O)CCCCCCCCn1cnc2ccccc21. The molecular formula is C15H22N2O3S. The number of aryl methyl sites for hydroxylation is 1. The van der Waals surface area contributed by atoms with Crippen molar-refractivity contribution in [3.63, 3.8) is 0 Å². The van der Waals surface area contributed by atoms with Crippen LogP contribution in [0.5, 0.6) is 0 Å². The van der Waals surface area contributed by atoms with Crippen LogP contribution in [0.25, 0.3) is 11.0 Å². The predicted octanol–water partition coefficient (Wildman–Crippen LogP) is 3.26. The molecule has 0 saturated heterocycles. The van der Waals surface area contributed by atoms with Crippen LogP contribution in [0.15, 0.2) is 30.6 Å². The van der Waals surface area contributed by atoms with E-state index >= 15 is 0 Å². The van der Waals surface area contributed by atoms with Crippen molar-refractivity contribution < 1.29 is 13.0 Å². The van der Waals surface area contributed by atoms with E-state index in [1.54, 1.807) is 0 Å². The van der Waals surface area contributed by atoms with Gasteiger partial charge in [0.25, 0.3) is 10.1 Å². The zero-order valence-electron chi connectivity index (χ0n) is 12.1. The van der Waals surface area contributed by atoms with Crippen molar-refractivity contribution in [3.8, 4) is 0 Å². The summed E-state index contributed by atoms with van der Waals surface area (Å²) in [7, 11) is -3.78. The van der Waals surface area contributed by atoms with Gasteiger partial charge in [-0.05, 0) is 25.0 Å². The molecule has 5 nitrogen and oxygen atoms in total. The van der Waals surface area contributed by atoms with Gasteiger partial charge in [0.05, 0.1) is 23.1 Å². The molecule has 1 N–H and O–H groups in total. The van der Waals surface area contributed by atoms with Crippen LogP contribution in [0.4, 0.5) is 0 Å². The van der Waals surface area contributed by atoms with Gasteiger partial charge in [0, 0.05) is 6.54 Å². The standard InChI is InChI=1S/C15H22N2O3S/c18-21(19,20)12-8-4-2-1-3-7-11-17-13-16-14-9-5-6-10-15(14)17/h5-6,9-10,13H,1-4,7-8,11-12H2,(H,18,19,20). The highest BCUT2D eigenvalue weighted by molar-refractivity contribution is 7.85. The Morgan fingerprint density at radius 2 is 1.67 bits per heavy atom. The summed E-state index contributed by atoms with van der Waals surface area (Å²) in [5, 5.41) is 0. The fourth-order valence-electron chi connectivity index (χ4n) is 2.46. The van der Waals surface area contributed by atoms with Crippen molar-refractivity contribution in [3.05, 3.63) is 30.6 Å². The van der Waals surface area contributed by atoms with Crippen LogP contribution in [-0.4, -0.2) is 28.3 Å². The van der Waals surface area contributed by atoms with E-state index in [1.165, 1.54) is 5.52 Å². The topological polar surface area (TPSA) is 72.2 Å². The van der Waals surface area contributed by atoms with E-state index in [2.05, 4.69) is 15.6 Å². The molecule has 2 aromatic rings. The Balaban J connectivity index is 1.60. The Kier molecular flexibility index (Phi) is 5.76. The van der Waals surface area contributed by atoms with Gasteiger partial charge in [-0.15, -0.1) is 0 Å². The van der Waals surface area contributed by atoms with Gasteiger partial charge in [-0.1, -0.05) is 37.8 Å². The monoisotopic (exact) mass is 310 g/mol. The van der Waals surface area contributed by atoms with Crippen LogP contribution >= 0.6 is 0 Å². The van der Waals surface area contributed by atoms with Crippen molar-refractivity contribution in [1.82, 2.24) is 9.55 Å². The third kappa shape index (κ3) is 5.47. The molecule has 6 heteroatoms. The molecule has 1 aromatic carbocycles. The largest absolute Gasteiger partial charge is 0.331 e. The first-order chi connectivity index (χ1) is 10.1. The minimum Gasteiger partial charge on any atom is -0.331 e. The average Bonchev–Trinajstić information content (AvgIpc) is 2.84. The summed E-state index contributed by atoms with van der Waals surface area (Å²) < 4.78 is 31.9. The molecule has 116 valence electrons. The molecule has 0 aliphatic heterocycles. The Hall–Kier alpha value is -1.40. The number of benzene rings is 1. The fraction of sp³-hybridized carbons (Fsp3) is 0.533. The zero-order chi connectivity index (χ0) is 15.1. The summed E-state index contributed by atoms with van der Waals surface area (Å²) >= 11 is 0. The number of rotatable bonds is 9. The molecule has 1 heterocycles. The number of para-hydroxylation sites is 2. The molecule has 0 aliphatic rings. The third-order valence-electron chi connectivity index (χ3n) is 3.58. The maximum absolute atomic E-state index is 10.6. The molecule has 2 rings (SSSR count). The third-order valence-corrected chi connectivity index (χ3v) is 4.38. The van der Waals surface area contributed by atoms with Crippen molar-refractivity contribution in [2.24, 2.45) is 0 Å².